The van der Waals surface area contributed by atoms with E-state index in [-0.39, 0.29) is 12.6 Å². The van der Waals surface area contributed by atoms with E-state index < -0.39 is 6.09 Å². The lowest BCUT2D eigenvalue weighted by molar-refractivity contribution is 0.117. The minimum atomic E-state index is -1.05. The van der Waals surface area contributed by atoms with Crippen LogP contribution >= 0.6 is 0 Å². The normalized spacial score (nSPS) is 19.8. The molecule has 2 rings (SSSR count). The summed E-state index contributed by atoms with van der Waals surface area (Å²) < 4.78 is 0. The van der Waals surface area contributed by atoms with Crippen molar-refractivity contribution in [2.45, 2.75) is 19.0 Å². The van der Waals surface area contributed by atoms with Crippen molar-refractivity contribution in [2.75, 3.05) is 13.2 Å². The topological polar surface area (TPSA) is 72.8 Å². The van der Waals surface area contributed by atoms with Crippen molar-refractivity contribution < 1.29 is 15.0 Å². The van der Waals surface area contributed by atoms with Gasteiger partial charge < -0.3 is 10.2 Å². The van der Waals surface area contributed by atoms with Gasteiger partial charge in [-0.05, 0) is 12.0 Å². The first-order chi connectivity index (χ1) is 9.19. The molecule has 19 heavy (non-hydrogen) atoms. The molecule has 1 aromatic rings. The van der Waals surface area contributed by atoms with Crippen LogP contribution in [0.1, 0.15) is 12.0 Å². The molecule has 5 nitrogen and oxygen atoms in total. The number of carbonyl (C=O) groups is 1. The van der Waals surface area contributed by atoms with Crippen LogP contribution in [0.5, 0.6) is 0 Å². The third-order valence-corrected chi connectivity index (χ3v) is 3.23. The van der Waals surface area contributed by atoms with Crippen molar-refractivity contribution in [3.8, 4) is 0 Å². The van der Waals surface area contributed by atoms with Gasteiger partial charge in [0.2, 0.25) is 0 Å². The Labute approximate surface area is 112 Å². The SMILES string of the molecule is O=C(O)NC1=CCC(CO)N(Cc2ccccc2)C1. The molecule has 0 fully saturated rings. The van der Waals surface area contributed by atoms with Crippen molar-refractivity contribution in [2.24, 2.45) is 0 Å². The highest BCUT2D eigenvalue weighted by molar-refractivity contribution is 5.67. The van der Waals surface area contributed by atoms with Gasteiger partial charge in [0.15, 0.2) is 0 Å². The zero-order valence-corrected chi connectivity index (χ0v) is 10.6. The van der Waals surface area contributed by atoms with Crippen molar-refractivity contribution in [3.05, 3.63) is 47.7 Å². The maximum absolute atomic E-state index is 10.7. The molecule has 5 heteroatoms. The van der Waals surface area contributed by atoms with Crippen LogP contribution in [-0.2, 0) is 6.54 Å². The highest BCUT2D eigenvalue weighted by Crippen LogP contribution is 2.18. The quantitative estimate of drug-likeness (QED) is 0.767. The Balaban J connectivity index is 2.05. The van der Waals surface area contributed by atoms with E-state index in [9.17, 15) is 9.90 Å². The fourth-order valence-corrected chi connectivity index (χ4v) is 2.26. The average Bonchev–Trinajstić information content (AvgIpc) is 2.39. The lowest BCUT2D eigenvalue weighted by Gasteiger charge is -2.34. The second kappa shape index (κ2) is 6.36. The monoisotopic (exact) mass is 262 g/mol. The molecule has 0 saturated heterocycles. The smallest absolute Gasteiger partial charge is 0.408 e. The van der Waals surface area contributed by atoms with Crippen LogP contribution in [0.15, 0.2) is 42.1 Å². The summed E-state index contributed by atoms with van der Waals surface area (Å²) in [6.07, 6.45) is 1.45. The van der Waals surface area contributed by atoms with Gasteiger partial charge in [0, 0.05) is 24.8 Å². The molecule has 1 atom stereocenters. The Morgan fingerprint density at radius 1 is 1.37 bits per heavy atom. The first-order valence-electron chi connectivity index (χ1n) is 6.27. The number of hydrogen-bond acceptors (Lipinski definition) is 3. The molecule has 102 valence electrons. The average molecular weight is 262 g/mol. The summed E-state index contributed by atoms with van der Waals surface area (Å²) in [6, 6.07) is 9.99. The predicted octanol–water partition coefficient (Wildman–Crippen LogP) is 1.40. The van der Waals surface area contributed by atoms with E-state index in [1.54, 1.807) is 0 Å². The highest BCUT2D eigenvalue weighted by atomic mass is 16.4. The summed E-state index contributed by atoms with van der Waals surface area (Å²) >= 11 is 0. The van der Waals surface area contributed by atoms with Gasteiger partial charge in [-0.1, -0.05) is 36.4 Å². The van der Waals surface area contributed by atoms with Crippen LogP contribution in [0.3, 0.4) is 0 Å². The third kappa shape index (κ3) is 3.81. The summed E-state index contributed by atoms with van der Waals surface area (Å²) in [4.78, 5) is 12.7. The van der Waals surface area contributed by atoms with Crippen LogP contribution in [0.4, 0.5) is 4.79 Å². The molecule has 0 bridgehead atoms. The molecule has 1 aliphatic heterocycles. The van der Waals surface area contributed by atoms with E-state index in [1.807, 2.05) is 36.4 Å². The number of aliphatic hydroxyl groups excluding tert-OH is 1. The van der Waals surface area contributed by atoms with Crippen LogP contribution in [0.2, 0.25) is 0 Å². The maximum atomic E-state index is 10.7. The molecule has 0 aliphatic carbocycles. The number of benzene rings is 1. The molecule has 0 spiro atoms. The number of rotatable bonds is 4. The van der Waals surface area contributed by atoms with Crippen molar-refractivity contribution in [1.29, 1.82) is 0 Å². The Bertz CT molecular complexity index is 459. The fourth-order valence-electron chi connectivity index (χ4n) is 2.26. The summed E-state index contributed by atoms with van der Waals surface area (Å²) in [7, 11) is 0. The minimum Gasteiger partial charge on any atom is -0.465 e. The summed E-state index contributed by atoms with van der Waals surface area (Å²) in [5.74, 6) is 0. The molecule has 1 amide bonds. The zero-order valence-electron chi connectivity index (χ0n) is 10.6. The van der Waals surface area contributed by atoms with Gasteiger partial charge in [0.1, 0.15) is 0 Å². The number of amides is 1. The molecule has 1 heterocycles. The first kappa shape index (κ1) is 13.6. The van der Waals surface area contributed by atoms with Gasteiger partial charge in [-0.3, -0.25) is 10.2 Å². The Morgan fingerprint density at radius 2 is 2.11 bits per heavy atom. The lowest BCUT2D eigenvalue weighted by atomic mass is 10.1. The van der Waals surface area contributed by atoms with Crippen LogP contribution in [-0.4, -0.2) is 40.4 Å². The molecule has 0 aromatic heterocycles. The standard InChI is InChI=1S/C14H18N2O3/c17-10-13-7-6-12(15-14(18)19)9-16(13)8-11-4-2-1-3-5-11/h1-6,13,15,17H,7-10H2,(H,18,19). The molecule has 1 aromatic carbocycles. The van der Waals surface area contributed by atoms with Gasteiger partial charge in [0.25, 0.3) is 0 Å². The van der Waals surface area contributed by atoms with Crippen molar-refractivity contribution in [1.82, 2.24) is 10.2 Å². The predicted molar refractivity (Wildman–Crippen MR) is 71.6 cm³/mol. The highest BCUT2D eigenvalue weighted by Gasteiger charge is 2.23. The molecular weight excluding hydrogens is 244 g/mol. The van der Waals surface area contributed by atoms with Crippen LogP contribution in [0.25, 0.3) is 0 Å². The summed E-state index contributed by atoms with van der Waals surface area (Å²) in [6.45, 7) is 1.28. The van der Waals surface area contributed by atoms with E-state index in [4.69, 9.17) is 5.11 Å². The molecule has 3 N–H and O–H groups in total. The first-order valence-corrected chi connectivity index (χ1v) is 6.27. The Hall–Kier alpha value is -1.85. The second-order valence-electron chi connectivity index (χ2n) is 4.62. The van der Waals surface area contributed by atoms with Gasteiger partial charge in [-0.25, -0.2) is 4.79 Å². The molecular formula is C14H18N2O3. The Morgan fingerprint density at radius 3 is 2.74 bits per heavy atom. The largest absolute Gasteiger partial charge is 0.465 e. The van der Waals surface area contributed by atoms with Gasteiger partial charge in [-0.2, -0.15) is 0 Å². The Kier molecular flexibility index (Phi) is 4.54. The lowest BCUT2D eigenvalue weighted by Crippen LogP contribution is -2.44. The maximum Gasteiger partial charge on any atom is 0.408 e. The van der Waals surface area contributed by atoms with Crippen LogP contribution in [0, 0.1) is 0 Å². The van der Waals surface area contributed by atoms with Crippen molar-refractivity contribution >= 4 is 6.09 Å². The third-order valence-electron chi connectivity index (χ3n) is 3.23. The number of aliphatic hydroxyl groups is 1. The van der Waals surface area contributed by atoms with E-state index in [0.29, 0.717) is 25.2 Å². The number of nitrogens with one attached hydrogen (secondary N) is 1. The van der Waals surface area contributed by atoms with E-state index >= 15 is 0 Å². The minimum absolute atomic E-state index is 0.0413. The molecule has 1 aliphatic rings. The molecule has 0 radical (unpaired) electrons. The summed E-state index contributed by atoms with van der Waals surface area (Å²) in [5.41, 5.74) is 1.82. The van der Waals surface area contributed by atoms with Crippen LogP contribution < -0.4 is 5.32 Å². The number of hydrogen-bond donors (Lipinski definition) is 3. The second-order valence-corrected chi connectivity index (χ2v) is 4.62. The summed E-state index contributed by atoms with van der Waals surface area (Å²) in [5, 5.41) is 20.5. The van der Waals surface area contributed by atoms with E-state index in [2.05, 4.69) is 10.2 Å². The zero-order chi connectivity index (χ0) is 13.7. The van der Waals surface area contributed by atoms with Gasteiger partial charge in [0.05, 0.1) is 6.61 Å². The van der Waals surface area contributed by atoms with E-state index in [0.717, 1.165) is 5.56 Å². The molecule has 0 saturated carbocycles. The van der Waals surface area contributed by atoms with E-state index in [1.165, 1.54) is 0 Å². The van der Waals surface area contributed by atoms with Crippen molar-refractivity contribution in [3.63, 3.8) is 0 Å². The fraction of sp³-hybridized carbons (Fsp3) is 0.357. The molecule has 1 unspecified atom stereocenters. The van der Waals surface area contributed by atoms with Gasteiger partial charge in [-0.15, -0.1) is 0 Å². The number of carboxylic acid groups (broad SMARTS) is 1. The van der Waals surface area contributed by atoms with Gasteiger partial charge >= 0.3 is 6.09 Å². The number of nitrogens with zero attached hydrogens (tertiary/aromatic N) is 1.